The van der Waals surface area contributed by atoms with Gasteiger partial charge in [-0.3, -0.25) is 4.79 Å². The third-order valence-electron chi connectivity index (χ3n) is 1.96. The summed E-state index contributed by atoms with van der Waals surface area (Å²) in [6.07, 6.45) is 0.961. The van der Waals surface area contributed by atoms with Crippen molar-refractivity contribution >= 4 is 23.3 Å². The molecule has 1 aromatic rings. The maximum absolute atomic E-state index is 10.7. The molecule has 6 heteroatoms. The first-order chi connectivity index (χ1) is 7.51. The fourth-order valence-electron chi connectivity index (χ4n) is 1.30. The van der Waals surface area contributed by atoms with Gasteiger partial charge in [-0.2, -0.15) is 0 Å². The summed E-state index contributed by atoms with van der Waals surface area (Å²) >= 11 is 5.84. The number of anilines is 1. The molecule has 1 heterocycles. The zero-order valence-corrected chi connectivity index (χ0v) is 10.1. The van der Waals surface area contributed by atoms with Gasteiger partial charge in [-0.25, -0.2) is 9.97 Å². The van der Waals surface area contributed by atoms with Crippen molar-refractivity contribution in [1.29, 1.82) is 0 Å². The van der Waals surface area contributed by atoms with Crippen molar-refractivity contribution in [2.24, 2.45) is 5.73 Å². The highest BCUT2D eigenvalue weighted by Crippen LogP contribution is 2.13. The number of carbonyl (C=O) groups is 1. The van der Waals surface area contributed by atoms with Crippen LogP contribution in [0.15, 0.2) is 6.07 Å². The van der Waals surface area contributed by atoms with Crippen molar-refractivity contribution in [3.05, 3.63) is 17.0 Å². The Kier molecular flexibility index (Phi) is 4.49. The van der Waals surface area contributed by atoms with Gasteiger partial charge in [-0.1, -0.05) is 18.5 Å². The summed E-state index contributed by atoms with van der Waals surface area (Å²) in [5.74, 6) is 0.933. The number of nitrogens with two attached hydrogens (primary N) is 1. The fraction of sp³-hybridized carbons (Fsp3) is 0.500. The smallest absolute Gasteiger partial charge is 0.219 e. The number of nitrogens with one attached hydrogen (secondary N) is 1. The lowest BCUT2D eigenvalue weighted by Gasteiger charge is -2.13. The minimum Gasteiger partial charge on any atom is -0.370 e. The van der Waals surface area contributed by atoms with E-state index in [9.17, 15) is 4.79 Å². The van der Waals surface area contributed by atoms with Crippen molar-refractivity contribution in [2.45, 2.75) is 32.7 Å². The Bertz CT molecular complexity index is 383. The quantitative estimate of drug-likeness (QED) is 0.764. The predicted molar refractivity (Wildman–Crippen MR) is 63.3 cm³/mol. The molecule has 0 fully saturated rings. The largest absolute Gasteiger partial charge is 0.370 e. The van der Waals surface area contributed by atoms with E-state index in [1.165, 1.54) is 0 Å². The molecule has 16 heavy (non-hydrogen) atoms. The second-order valence-electron chi connectivity index (χ2n) is 3.56. The number of amides is 1. The van der Waals surface area contributed by atoms with Crippen LogP contribution in [-0.4, -0.2) is 21.9 Å². The summed E-state index contributed by atoms with van der Waals surface area (Å²) in [5, 5.41) is 3.44. The predicted octanol–water partition coefficient (Wildman–Crippen LogP) is 1.37. The molecule has 0 radical (unpaired) electrons. The monoisotopic (exact) mass is 242 g/mol. The molecule has 1 unspecified atom stereocenters. The topological polar surface area (TPSA) is 80.9 Å². The van der Waals surface area contributed by atoms with Gasteiger partial charge in [0.15, 0.2) is 0 Å². The van der Waals surface area contributed by atoms with E-state index in [0.29, 0.717) is 23.2 Å². The first-order valence-corrected chi connectivity index (χ1v) is 5.47. The van der Waals surface area contributed by atoms with Crippen LogP contribution in [0.4, 0.5) is 5.82 Å². The molecule has 88 valence electrons. The molecule has 0 saturated heterocycles. The third kappa shape index (κ3) is 4.02. The Morgan fingerprint density at radius 3 is 2.88 bits per heavy atom. The van der Waals surface area contributed by atoms with Gasteiger partial charge in [-0.15, -0.1) is 0 Å². The van der Waals surface area contributed by atoms with Gasteiger partial charge in [0.05, 0.1) is 0 Å². The van der Waals surface area contributed by atoms with Crippen molar-refractivity contribution in [1.82, 2.24) is 9.97 Å². The number of carbonyl (C=O) groups excluding carboxylic acids is 1. The van der Waals surface area contributed by atoms with E-state index in [1.54, 1.807) is 6.07 Å². The van der Waals surface area contributed by atoms with Crippen molar-refractivity contribution in [3.63, 3.8) is 0 Å². The number of halogens is 1. The number of aromatic nitrogens is 2. The zero-order valence-electron chi connectivity index (χ0n) is 9.33. The minimum absolute atomic E-state index is 0.0758. The molecule has 0 aromatic carbocycles. The average Bonchev–Trinajstić information content (AvgIpc) is 2.14. The normalized spacial score (nSPS) is 12.2. The Labute approximate surface area is 99.4 Å². The molecule has 0 bridgehead atoms. The van der Waals surface area contributed by atoms with Crippen LogP contribution < -0.4 is 11.1 Å². The van der Waals surface area contributed by atoms with E-state index < -0.39 is 0 Å². The van der Waals surface area contributed by atoms with E-state index in [0.717, 1.165) is 0 Å². The zero-order chi connectivity index (χ0) is 12.1. The number of primary amides is 1. The second-order valence-corrected chi connectivity index (χ2v) is 3.95. The molecule has 5 nitrogen and oxygen atoms in total. The van der Waals surface area contributed by atoms with Crippen LogP contribution in [0.2, 0.25) is 5.15 Å². The summed E-state index contributed by atoms with van der Waals surface area (Å²) in [6.45, 7) is 3.80. The molecule has 1 amide bonds. The molecule has 1 atom stereocenters. The molecule has 1 rings (SSSR count). The van der Waals surface area contributed by atoms with Gasteiger partial charge in [0.2, 0.25) is 5.91 Å². The molecule has 0 aliphatic carbocycles. The number of aryl methyl sites for hydroxylation is 1. The van der Waals surface area contributed by atoms with Crippen molar-refractivity contribution < 1.29 is 4.79 Å². The highest BCUT2D eigenvalue weighted by Gasteiger charge is 2.08. The van der Waals surface area contributed by atoms with Gasteiger partial charge in [0.25, 0.3) is 0 Å². The number of hydrogen-bond acceptors (Lipinski definition) is 4. The number of rotatable bonds is 5. The van der Waals surface area contributed by atoms with Gasteiger partial charge in [0, 0.05) is 24.9 Å². The molecule has 3 N–H and O–H groups in total. The SMILES string of the molecule is CCc1nc(Cl)cc(NC(C)CC(N)=O)n1. The summed E-state index contributed by atoms with van der Waals surface area (Å²) in [7, 11) is 0. The van der Waals surface area contributed by atoms with E-state index >= 15 is 0 Å². The van der Waals surface area contributed by atoms with Crippen LogP contribution in [-0.2, 0) is 11.2 Å². The second kappa shape index (κ2) is 5.65. The number of hydrogen-bond donors (Lipinski definition) is 2. The third-order valence-corrected chi connectivity index (χ3v) is 2.15. The van der Waals surface area contributed by atoms with E-state index in [1.807, 2.05) is 13.8 Å². The average molecular weight is 243 g/mol. The standard InChI is InChI=1S/C10H15ClN4O/c1-3-9-14-7(11)5-10(15-9)13-6(2)4-8(12)16/h5-6H,3-4H2,1-2H3,(H2,12,16)(H,13,14,15). The molecule has 1 aromatic heterocycles. The summed E-state index contributed by atoms with van der Waals surface area (Å²) in [4.78, 5) is 19.0. The van der Waals surface area contributed by atoms with Gasteiger partial charge >= 0.3 is 0 Å². The van der Waals surface area contributed by atoms with Crippen LogP contribution in [0.3, 0.4) is 0 Å². The molecule has 0 spiro atoms. The number of nitrogens with zero attached hydrogens (tertiary/aromatic N) is 2. The summed E-state index contributed by atoms with van der Waals surface area (Å²) < 4.78 is 0. The van der Waals surface area contributed by atoms with Crippen molar-refractivity contribution in [3.8, 4) is 0 Å². The minimum atomic E-state index is -0.351. The van der Waals surface area contributed by atoms with Gasteiger partial charge in [-0.05, 0) is 6.92 Å². The van der Waals surface area contributed by atoms with Crippen LogP contribution in [0.5, 0.6) is 0 Å². The lowest BCUT2D eigenvalue weighted by atomic mass is 10.2. The van der Waals surface area contributed by atoms with Crippen molar-refractivity contribution in [2.75, 3.05) is 5.32 Å². The van der Waals surface area contributed by atoms with E-state index in [4.69, 9.17) is 17.3 Å². The molecule has 0 aliphatic heterocycles. The first-order valence-electron chi connectivity index (χ1n) is 5.09. The molecular weight excluding hydrogens is 228 g/mol. The lowest BCUT2D eigenvalue weighted by Crippen LogP contribution is -2.24. The van der Waals surface area contributed by atoms with Gasteiger partial charge in [0.1, 0.15) is 16.8 Å². The van der Waals surface area contributed by atoms with E-state index in [2.05, 4.69) is 15.3 Å². The Morgan fingerprint density at radius 2 is 2.31 bits per heavy atom. The summed E-state index contributed by atoms with van der Waals surface area (Å²) in [5.41, 5.74) is 5.10. The summed E-state index contributed by atoms with van der Waals surface area (Å²) in [6, 6.07) is 1.55. The van der Waals surface area contributed by atoms with Crippen LogP contribution >= 0.6 is 11.6 Å². The highest BCUT2D eigenvalue weighted by molar-refractivity contribution is 6.29. The van der Waals surface area contributed by atoms with Crippen LogP contribution in [0.1, 0.15) is 26.1 Å². The Morgan fingerprint density at radius 1 is 1.62 bits per heavy atom. The lowest BCUT2D eigenvalue weighted by molar-refractivity contribution is -0.118. The van der Waals surface area contributed by atoms with Crippen LogP contribution in [0.25, 0.3) is 0 Å². The van der Waals surface area contributed by atoms with Crippen LogP contribution in [0, 0.1) is 0 Å². The Hall–Kier alpha value is -1.36. The highest BCUT2D eigenvalue weighted by atomic mass is 35.5. The van der Waals surface area contributed by atoms with Gasteiger partial charge < -0.3 is 11.1 Å². The maximum Gasteiger partial charge on any atom is 0.219 e. The molecular formula is C10H15ClN4O. The maximum atomic E-state index is 10.7. The molecule has 0 aliphatic rings. The molecule has 0 saturated carbocycles. The first kappa shape index (κ1) is 12.7. The van der Waals surface area contributed by atoms with E-state index in [-0.39, 0.29) is 18.4 Å². The Balaban J connectivity index is 2.72. The fourth-order valence-corrected chi connectivity index (χ4v) is 1.50.